The minimum absolute atomic E-state index is 0.842. The van der Waals surface area contributed by atoms with Gasteiger partial charge in [-0.15, -0.1) is 0 Å². The van der Waals surface area contributed by atoms with Crippen LogP contribution in [-0.4, -0.2) is 0 Å². The number of aryl methyl sites for hydroxylation is 2. The highest BCUT2D eigenvalue weighted by Crippen LogP contribution is 2.29. The van der Waals surface area contributed by atoms with Crippen LogP contribution in [0.25, 0.3) is 0 Å². The summed E-state index contributed by atoms with van der Waals surface area (Å²) < 4.78 is 0. The minimum Gasteiger partial charge on any atom is -0.399 e. The van der Waals surface area contributed by atoms with E-state index in [0.29, 0.717) is 0 Å². The molecule has 0 amide bonds. The lowest BCUT2D eigenvalue weighted by Gasteiger charge is -2.23. The normalized spacial score (nSPS) is 21.2. The van der Waals surface area contributed by atoms with E-state index in [1.54, 1.807) is 5.56 Å². The molecule has 1 aromatic rings. The van der Waals surface area contributed by atoms with E-state index >= 15 is 0 Å². The maximum Gasteiger partial charge on any atom is 0.0319 e. The number of hydrogen-bond donors (Lipinski definition) is 1. The van der Waals surface area contributed by atoms with Gasteiger partial charge in [-0.05, 0) is 60.9 Å². The van der Waals surface area contributed by atoms with Crippen LogP contribution in [0.15, 0.2) is 12.1 Å². The second-order valence-corrected chi connectivity index (χ2v) is 4.32. The molecule has 1 atom stereocenters. The highest BCUT2D eigenvalue weighted by Gasteiger charge is 2.16. The molecule has 1 aliphatic carbocycles. The summed E-state index contributed by atoms with van der Waals surface area (Å²) in [4.78, 5) is 0. The van der Waals surface area contributed by atoms with Crippen molar-refractivity contribution in [3.8, 4) is 0 Å². The maximum atomic E-state index is 5.82. The Morgan fingerprint density at radius 2 is 2.15 bits per heavy atom. The number of benzene rings is 1. The monoisotopic (exact) mass is 175 g/mol. The summed E-state index contributed by atoms with van der Waals surface area (Å²) in [5, 5.41) is 0. The van der Waals surface area contributed by atoms with E-state index in [1.807, 2.05) is 0 Å². The topological polar surface area (TPSA) is 26.0 Å². The van der Waals surface area contributed by atoms with E-state index < -0.39 is 0 Å². The zero-order valence-electron chi connectivity index (χ0n) is 8.43. The summed E-state index contributed by atoms with van der Waals surface area (Å²) in [6.07, 6.45) is 3.76. The maximum absolute atomic E-state index is 5.82. The van der Waals surface area contributed by atoms with Crippen LogP contribution in [-0.2, 0) is 12.8 Å². The minimum atomic E-state index is 0.842. The van der Waals surface area contributed by atoms with Gasteiger partial charge in [-0.3, -0.25) is 0 Å². The standard InChI is InChI=1S/C12H17N/c1-8-3-4-10-7-11(13)6-9(2)12(10)5-8/h6-8H,3-5,13H2,1-2H3. The molecule has 2 N–H and O–H groups in total. The van der Waals surface area contributed by atoms with E-state index in [-0.39, 0.29) is 0 Å². The quantitative estimate of drug-likeness (QED) is 0.603. The second kappa shape index (κ2) is 3.06. The Morgan fingerprint density at radius 1 is 1.38 bits per heavy atom. The Morgan fingerprint density at radius 3 is 2.92 bits per heavy atom. The Kier molecular flexibility index (Phi) is 2.03. The van der Waals surface area contributed by atoms with Crippen molar-refractivity contribution in [1.82, 2.24) is 0 Å². The van der Waals surface area contributed by atoms with Crippen LogP contribution in [0.1, 0.15) is 30.0 Å². The van der Waals surface area contributed by atoms with Gasteiger partial charge in [0, 0.05) is 5.69 Å². The number of nitrogen functional groups attached to an aromatic ring is 1. The largest absolute Gasteiger partial charge is 0.399 e. The molecule has 0 aliphatic heterocycles. The molecule has 1 aliphatic rings. The average molecular weight is 175 g/mol. The lowest BCUT2D eigenvalue weighted by molar-refractivity contribution is 0.499. The molecule has 2 rings (SSSR count). The van der Waals surface area contributed by atoms with Crippen molar-refractivity contribution in [3.05, 3.63) is 28.8 Å². The van der Waals surface area contributed by atoms with Crippen LogP contribution in [0.2, 0.25) is 0 Å². The summed E-state index contributed by atoms with van der Waals surface area (Å²) in [6, 6.07) is 4.24. The number of anilines is 1. The number of nitrogens with two attached hydrogens (primary N) is 1. The Hall–Kier alpha value is -0.980. The van der Waals surface area contributed by atoms with Gasteiger partial charge in [0.25, 0.3) is 0 Å². The predicted octanol–water partition coefficient (Wildman–Crippen LogP) is 2.70. The van der Waals surface area contributed by atoms with E-state index in [2.05, 4.69) is 26.0 Å². The van der Waals surface area contributed by atoms with E-state index in [1.165, 1.54) is 30.4 Å². The highest BCUT2D eigenvalue weighted by atomic mass is 14.5. The van der Waals surface area contributed by atoms with Gasteiger partial charge in [-0.1, -0.05) is 6.92 Å². The van der Waals surface area contributed by atoms with Crippen molar-refractivity contribution in [1.29, 1.82) is 0 Å². The van der Waals surface area contributed by atoms with Crippen molar-refractivity contribution in [2.75, 3.05) is 5.73 Å². The van der Waals surface area contributed by atoms with Gasteiger partial charge in [0.2, 0.25) is 0 Å². The average Bonchev–Trinajstić information content (AvgIpc) is 2.06. The molecule has 1 unspecified atom stereocenters. The third-order valence-corrected chi connectivity index (χ3v) is 3.05. The molecule has 0 saturated heterocycles. The van der Waals surface area contributed by atoms with Gasteiger partial charge in [-0.2, -0.15) is 0 Å². The van der Waals surface area contributed by atoms with Gasteiger partial charge < -0.3 is 5.73 Å². The van der Waals surface area contributed by atoms with Crippen LogP contribution >= 0.6 is 0 Å². The van der Waals surface area contributed by atoms with Gasteiger partial charge in [0.05, 0.1) is 0 Å². The summed E-state index contributed by atoms with van der Waals surface area (Å²) >= 11 is 0. The van der Waals surface area contributed by atoms with Crippen molar-refractivity contribution in [2.24, 2.45) is 5.92 Å². The molecular weight excluding hydrogens is 158 g/mol. The fourth-order valence-electron chi connectivity index (χ4n) is 2.29. The first kappa shape index (κ1) is 8.61. The predicted molar refractivity (Wildman–Crippen MR) is 56.8 cm³/mol. The fourth-order valence-corrected chi connectivity index (χ4v) is 2.29. The molecule has 1 heteroatoms. The van der Waals surface area contributed by atoms with Crippen LogP contribution < -0.4 is 5.73 Å². The van der Waals surface area contributed by atoms with Crippen LogP contribution in [0, 0.1) is 12.8 Å². The lowest BCUT2D eigenvalue weighted by atomic mass is 9.82. The van der Waals surface area contributed by atoms with E-state index in [0.717, 1.165) is 11.6 Å². The van der Waals surface area contributed by atoms with E-state index in [9.17, 15) is 0 Å². The third kappa shape index (κ3) is 1.55. The van der Waals surface area contributed by atoms with Crippen LogP contribution in [0.3, 0.4) is 0 Å². The highest BCUT2D eigenvalue weighted by molar-refractivity contribution is 5.50. The first-order valence-corrected chi connectivity index (χ1v) is 5.04. The molecule has 1 aromatic carbocycles. The molecule has 0 spiro atoms. The van der Waals surface area contributed by atoms with Crippen molar-refractivity contribution in [2.45, 2.75) is 33.1 Å². The molecule has 0 bridgehead atoms. The molecule has 0 radical (unpaired) electrons. The molecule has 70 valence electrons. The van der Waals surface area contributed by atoms with Crippen LogP contribution in [0.4, 0.5) is 5.69 Å². The van der Waals surface area contributed by atoms with Gasteiger partial charge in [0.15, 0.2) is 0 Å². The third-order valence-electron chi connectivity index (χ3n) is 3.05. The Labute approximate surface area is 80.0 Å². The molecule has 0 saturated carbocycles. The van der Waals surface area contributed by atoms with Gasteiger partial charge >= 0.3 is 0 Å². The Bertz CT molecular complexity index is 328. The van der Waals surface area contributed by atoms with Gasteiger partial charge in [0.1, 0.15) is 0 Å². The van der Waals surface area contributed by atoms with Crippen molar-refractivity contribution in [3.63, 3.8) is 0 Å². The second-order valence-electron chi connectivity index (χ2n) is 4.32. The molecule has 13 heavy (non-hydrogen) atoms. The number of fused-ring (bicyclic) bond motifs is 1. The first-order valence-electron chi connectivity index (χ1n) is 5.04. The summed E-state index contributed by atoms with van der Waals surface area (Å²) in [6.45, 7) is 4.51. The van der Waals surface area contributed by atoms with E-state index in [4.69, 9.17) is 5.73 Å². The molecular formula is C12H17N. The SMILES string of the molecule is Cc1cc(N)cc2c1CC(C)CC2. The molecule has 0 heterocycles. The lowest BCUT2D eigenvalue weighted by Crippen LogP contribution is -2.13. The summed E-state index contributed by atoms with van der Waals surface area (Å²) in [7, 11) is 0. The summed E-state index contributed by atoms with van der Waals surface area (Å²) in [5.74, 6) is 0.842. The van der Waals surface area contributed by atoms with Gasteiger partial charge in [-0.25, -0.2) is 0 Å². The molecule has 0 fully saturated rings. The number of hydrogen-bond acceptors (Lipinski definition) is 1. The zero-order chi connectivity index (χ0) is 9.42. The number of rotatable bonds is 0. The van der Waals surface area contributed by atoms with Crippen molar-refractivity contribution < 1.29 is 0 Å². The van der Waals surface area contributed by atoms with Crippen LogP contribution in [0.5, 0.6) is 0 Å². The smallest absolute Gasteiger partial charge is 0.0319 e. The Balaban J connectivity index is 2.47. The fraction of sp³-hybridized carbons (Fsp3) is 0.500. The molecule has 1 nitrogen and oxygen atoms in total. The van der Waals surface area contributed by atoms with Crippen molar-refractivity contribution >= 4 is 5.69 Å². The molecule has 0 aromatic heterocycles. The zero-order valence-corrected chi connectivity index (χ0v) is 8.43. The first-order chi connectivity index (χ1) is 6.16. The summed E-state index contributed by atoms with van der Waals surface area (Å²) in [5.41, 5.74) is 11.1.